The van der Waals surface area contributed by atoms with Crippen LogP contribution in [0.4, 0.5) is 0 Å². The maximum absolute atomic E-state index is 12.9. The van der Waals surface area contributed by atoms with E-state index in [4.69, 9.17) is 4.74 Å². The summed E-state index contributed by atoms with van der Waals surface area (Å²) in [5.74, 6) is -2.66. The largest absolute Gasteiger partial charge is 0.481 e. The van der Waals surface area contributed by atoms with Gasteiger partial charge in [0.05, 0.1) is 17.9 Å². The molecule has 22 heavy (non-hydrogen) atoms. The number of fused-ring (bicyclic) bond motifs is 4. The standard InChI is InChI=1S/C14H12IN3O4/c15-14-3-2-13(22-14)7(8(14)12(20)21)11(19)18-4-1-6-9(10(13)18)17-5-16-6/h2-3,5,7-8,10H,1,4H2,(H,16,17)(H,20,21)/t7-,8+,10-,13-,14-/m1/s1. The van der Waals surface area contributed by atoms with Gasteiger partial charge in [-0.25, -0.2) is 4.98 Å². The third-order valence-electron chi connectivity index (χ3n) is 5.32. The first-order chi connectivity index (χ1) is 10.5. The molecule has 1 aromatic rings. The number of rotatable bonds is 1. The van der Waals surface area contributed by atoms with Crippen molar-refractivity contribution in [2.24, 2.45) is 11.8 Å². The second kappa shape index (κ2) is 3.73. The third kappa shape index (κ3) is 1.22. The van der Waals surface area contributed by atoms with E-state index in [9.17, 15) is 14.7 Å². The van der Waals surface area contributed by atoms with Gasteiger partial charge < -0.3 is 19.7 Å². The van der Waals surface area contributed by atoms with Crippen LogP contribution in [0.1, 0.15) is 17.4 Å². The first kappa shape index (κ1) is 13.1. The molecule has 2 bridgehead atoms. The number of ether oxygens (including phenoxy) is 1. The highest BCUT2D eigenvalue weighted by molar-refractivity contribution is 14.1. The number of amides is 1. The second-order valence-electron chi connectivity index (χ2n) is 6.23. The summed E-state index contributed by atoms with van der Waals surface area (Å²) >= 11 is 2.01. The normalized spacial score (nSPS) is 44.1. The highest BCUT2D eigenvalue weighted by atomic mass is 127. The molecule has 4 aliphatic rings. The van der Waals surface area contributed by atoms with Gasteiger partial charge in [-0.05, 0) is 34.7 Å². The summed E-state index contributed by atoms with van der Waals surface area (Å²) in [6.45, 7) is 0.564. The zero-order valence-corrected chi connectivity index (χ0v) is 13.5. The van der Waals surface area contributed by atoms with Crippen LogP contribution < -0.4 is 0 Å². The van der Waals surface area contributed by atoms with Crippen molar-refractivity contribution in [3.05, 3.63) is 29.9 Å². The number of hydrogen-bond donors (Lipinski definition) is 2. The number of aromatic nitrogens is 2. The first-order valence-corrected chi connectivity index (χ1v) is 8.21. The molecular weight excluding hydrogens is 401 g/mol. The Hall–Kier alpha value is -1.42. The molecule has 2 fully saturated rings. The van der Waals surface area contributed by atoms with Crippen molar-refractivity contribution in [1.82, 2.24) is 14.9 Å². The summed E-state index contributed by atoms with van der Waals surface area (Å²) in [5, 5.41) is 9.64. The van der Waals surface area contributed by atoms with E-state index in [1.165, 1.54) is 0 Å². The topological polar surface area (TPSA) is 95.5 Å². The van der Waals surface area contributed by atoms with Gasteiger partial charge in [-0.3, -0.25) is 9.59 Å². The molecule has 5 atom stereocenters. The molecule has 0 unspecified atom stereocenters. The number of aromatic amines is 1. The molecule has 0 radical (unpaired) electrons. The van der Waals surface area contributed by atoms with Crippen molar-refractivity contribution < 1.29 is 19.4 Å². The highest BCUT2D eigenvalue weighted by Crippen LogP contribution is 2.66. The Labute approximate surface area is 138 Å². The van der Waals surface area contributed by atoms with Crippen molar-refractivity contribution in [1.29, 1.82) is 0 Å². The summed E-state index contributed by atoms with van der Waals surface area (Å²) in [4.78, 5) is 33.9. The Kier molecular flexibility index (Phi) is 2.21. The van der Waals surface area contributed by atoms with Crippen LogP contribution in [0.5, 0.6) is 0 Å². The lowest BCUT2D eigenvalue weighted by Crippen LogP contribution is -2.42. The molecule has 7 nitrogen and oxygen atoms in total. The van der Waals surface area contributed by atoms with E-state index >= 15 is 0 Å². The van der Waals surface area contributed by atoms with E-state index in [0.717, 1.165) is 11.4 Å². The van der Waals surface area contributed by atoms with Gasteiger partial charge >= 0.3 is 5.97 Å². The van der Waals surface area contributed by atoms with Gasteiger partial charge in [0.2, 0.25) is 5.91 Å². The number of carboxylic acids is 1. The van der Waals surface area contributed by atoms with Crippen LogP contribution >= 0.6 is 22.6 Å². The van der Waals surface area contributed by atoms with Crippen molar-refractivity contribution >= 4 is 34.5 Å². The molecule has 0 aliphatic carbocycles. The number of nitrogens with zero attached hydrogens (tertiary/aromatic N) is 2. The lowest BCUT2D eigenvalue weighted by Gasteiger charge is -2.35. The average molecular weight is 413 g/mol. The summed E-state index contributed by atoms with van der Waals surface area (Å²) < 4.78 is 5.24. The molecular formula is C14H12IN3O4. The number of aliphatic carboxylic acids is 1. The fourth-order valence-electron chi connectivity index (χ4n) is 4.52. The number of carboxylic acid groups (broad SMARTS) is 1. The quantitative estimate of drug-likeness (QED) is 0.400. The number of carbonyl (C=O) groups is 2. The molecule has 4 aliphatic heterocycles. The molecule has 114 valence electrons. The molecule has 5 rings (SSSR count). The predicted octanol–water partition coefficient (Wildman–Crippen LogP) is 0.636. The summed E-state index contributed by atoms with van der Waals surface area (Å²) in [7, 11) is 0. The van der Waals surface area contributed by atoms with Gasteiger partial charge in [-0.2, -0.15) is 0 Å². The Morgan fingerprint density at radius 1 is 1.55 bits per heavy atom. The van der Waals surface area contributed by atoms with Crippen LogP contribution in [0.3, 0.4) is 0 Å². The molecule has 2 N–H and O–H groups in total. The lowest BCUT2D eigenvalue weighted by atomic mass is 9.74. The van der Waals surface area contributed by atoms with Gasteiger partial charge in [0.15, 0.2) is 3.61 Å². The third-order valence-corrected chi connectivity index (χ3v) is 6.57. The number of halogens is 1. The molecule has 8 heteroatoms. The number of alkyl halides is 1. The fourth-order valence-corrected chi connectivity index (χ4v) is 5.71. The molecule has 1 spiro atoms. The second-order valence-corrected chi connectivity index (χ2v) is 7.92. The van der Waals surface area contributed by atoms with E-state index < -0.39 is 27.0 Å². The Morgan fingerprint density at radius 2 is 2.36 bits per heavy atom. The lowest BCUT2D eigenvalue weighted by molar-refractivity contribution is -0.148. The maximum atomic E-state index is 12.9. The van der Waals surface area contributed by atoms with Crippen LogP contribution in [-0.2, 0) is 20.7 Å². The molecule has 1 aromatic heterocycles. The molecule has 0 aromatic carbocycles. The Bertz CT molecular complexity index is 761. The van der Waals surface area contributed by atoms with Gasteiger partial charge in [-0.1, -0.05) is 0 Å². The fraction of sp³-hybridized carbons (Fsp3) is 0.500. The van der Waals surface area contributed by atoms with Gasteiger partial charge in [0, 0.05) is 18.7 Å². The Balaban J connectivity index is 1.74. The van der Waals surface area contributed by atoms with Crippen molar-refractivity contribution in [3.8, 4) is 0 Å². The minimum atomic E-state index is -0.985. The zero-order valence-electron chi connectivity index (χ0n) is 11.3. The zero-order chi connectivity index (χ0) is 15.3. The van der Waals surface area contributed by atoms with Crippen molar-refractivity contribution in [2.75, 3.05) is 6.54 Å². The van der Waals surface area contributed by atoms with Gasteiger partial charge in [-0.15, -0.1) is 0 Å². The average Bonchev–Trinajstić information content (AvgIpc) is 3.16. The van der Waals surface area contributed by atoms with Crippen molar-refractivity contribution in [3.63, 3.8) is 0 Å². The number of carbonyl (C=O) groups excluding carboxylic acids is 1. The first-order valence-electron chi connectivity index (χ1n) is 7.13. The summed E-state index contributed by atoms with van der Waals surface area (Å²) in [5.41, 5.74) is 0.898. The van der Waals surface area contributed by atoms with Gasteiger partial charge in [0.1, 0.15) is 17.6 Å². The van der Waals surface area contributed by atoms with Crippen molar-refractivity contribution in [2.45, 2.75) is 21.7 Å². The summed E-state index contributed by atoms with van der Waals surface area (Å²) in [6.07, 6.45) is 6.01. The van der Waals surface area contributed by atoms with Crippen LogP contribution in [0.2, 0.25) is 0 Å². The molecule has 2 saturated heterocycles. The van der Waals surface area contributed by atoms with E-state index in [-0.39, 0.29) is 11.9 Å². The SMILES string of the molecule is O=C(O)[C@@H]1[C@@H]2C(=O)N3CCc4[nH]cnc4[C@@H]3[C@@]23C=C[C@@]1(I)O3. The van der Waals surface area contributed by atoms with Crippen LogP contribution in [0.15, 0.2) is 18.5 Å². The van der Waals surface area contributed by atoms with E-state index in [2.05, 4.69) is 9.97 Å². The predicted molar refractivity (Wildman–Crippen MR) is 81.1 cm³/mol. The minimum absolute atomic E-state index is 0.131. The monoisotopic (exact) mass is 413 g/mol. The van der Waals surface area contributed by atoms with Crippen LogP contribution in [0, 0.1) is 11.8 Å². The highest BCUT2D eigenvalue weighted by Gasteiger charge is 2.76. The minimum Gasteiger partial charge on any atom is -0.481 e. The van der Waals surface area contributed by atoms with E-state index in [1.54, 1.807) is 17.3 Å². The van der Waals surface area contributed by atoms with E-state index in [1.807, 2.05) is 28.7 Å². The number of imidazole rings is 1. The summed E-state index contributed by atoms with van der Waals surface area (Å²) in [6, 6.07) is -0.336. The molecule has 0 saturated carbocycles. The van der Waals surface area contributed by atoms with Gasteiger partial charge in [0.25, 0.3) is 0 Å². The molecule has 5 heterocycles. The number of hydrogen-bond acceptors (Lipinski definition) is 4. The molecule has 1 amide bonds. The Morgan fingerprint density at radius 3 is 3.14 bits per heavy atom. The number of nitrogens with one attached hydrogen (secondary N) is 1. The van der Waals surface area contributed by atoms with E-state index in [0.29, 0.717) is 13.0 Å². The number of H-pyrrole nitrogens is 1. The van der Waals surface area contributed by atoms with Crippen LogP contribution in [0.25, 0.3) is 0 Å². The maximum Gasteiger partial charge on any atom is 0.311 e. The van der Waals surface area contributed by atoms with Crippen LogP contribution in [-0.4, -0.2) is 47.6 Å². The smallest absolute Gasteiger partial charge is 0.311 e.